The minimum absolute atomic E-state index is 0.0990. The van der Waals surface area contributed by atoms with E-state index in [1.54, 1.807) is 6.92 Å². The van der Waals surface area contributed by atoms with Crippen LogP contribution in [0.5, 0.6) is 5.75 Å². The smallest absolute Gasteiger partial charge is 0.349 e. The van der Waals surface area contributed by atoms with Crippen molar-refractivity contribution in [3.8, 4) is 5.75 Å². The van der Waals surface area contributed by atoms with Gasteiger partial charge in [0.05, 0.1) is 6.61 Å². The summed E-state index contributed by atoms with van der Waals surface area (Å²) in [6.07, 6.45) is -3.79. The molecule has 1 rings (SSSR count). The highest BCUT2D eigenvalue weighted by Crippen LogP contribution is 2.35. The number of hydrogen-bond donors (Lipinski definition) is 0. The van der Waals surface area contributed by atoms with Gasteiger partial charge in [0.2, 0.25) is 0 Å². The summed E-state index contributed by atoms with van der Waals surface area (Å²) in [5.74, 6) is -4.75. The van der Waals surface area contributed by atoms with Gasteiger partial charge in [0.25, 0.3) is 0 Å². The Kier molecular flexibility index (Phi) is 5.20. The molecule has 0 fully saturated rings. The van der Waals surface area contributed by atoms with Gasteiger partial charge in [0.15, 0.2) is 5.60 Å². The number of carbonyl (C=O) groups excluding carboxylic acids is 1. The predicted octanol–water partition coefficient (Wildman–Crippen LogP) is 3.76. The van der Waals surface area contributed by atoms with Crippen molar-refractivity contribution in [1.82, 2.24) is 0 Å². The van der Waals surface area contributed by atoms with E-state index in [1.807, 2.05) is 0 Å². The van der Waals surface area contributed by atoms with Gasteiger partial charge in [-0.1, -0.05) is 0 Å². The quantitative estimate of drug-likeness (QED) is 0.593. The molecule has 118 valence electrons. The van der Waals surface area contributed by atoms with Gasteiger partial charge in [-0.3, -0.25) is 0 Å². The molecule has 0 aliphatic rings. The lowest BCUT2D eigenvalue weighted by atomic mass is 10.1. The third-order valence-electron chi connectivity index (χ3n) is 2.65. The maximum atomic E-state index is 13.1. The summed E-state index contributed by atoms with van der Waals surface area (Å²) in [5.41, 5.74) is -2.14. The molecule has 1 aromatic carbocycles. The topological polar surface area (TPSA) is 35.5 Å². The highest BCUT2D eigenvalue weighted by atomic mass is 19.3. The van der Waals surface area contributed by atoms with Crippen LogP contribution >= 0.6 is 0 Å². The fourth-order valence-corrected chi connectivity index (χ4v) is 1.51. The van der Waals surface area contributed by atoms with Gasteiger partial charge in [-0.15, -0.1) is 0 Å². The van der Waals surface area contributed by atoms with E-state index in [9.17, 15) is 22.4 Å². The first-order valence-corrected chi connectivity index (χ1v) is 6.24. The molecule has 0 N–H and O–H groups in total. The molecule has 0 aliphatic carbocycles. The highest BCUT2D eigenvalue weighted by molar-refractivity contribution is 5.79. The number of halogens is 4. The number of benzene rings is 1. The first-order chi connectivity index (χ1) is 9.61. The highest BCUT2D eigenvalue weighted by Gasteiger charge is 2.42. The molecule has 0 aliphatic heterocycles. The van der Waals surface area contributed by atoms with Gasteiger partial charge in [0, 0.05) is 5.56 Å². The number of carbonyl (C=O) groups is 1. The Morgan fingerprint density at radius 2 is 1.71 bits per heavy atom. The van der Waals surface area contributed by atoms with Crippen molar-refractivity contribution in [2.45, 2.75) is 38.7 Å². The number of ether oxygens (including phenoxy) is 2. The molecule has 0 atom stereocenters. The lowest BCUT2D eigenvalue weighted by Crippen LogP contribution is -2.39. The molecule has 0 bridgehead atoms. The number of hydrogen-bond acceptors (Lipinski definition) is 3. The van der Waals surface area contributed by atoms with Crippen LogP contribution in [0.25, 0.3) is 0 Å². The number of alkyl halides is 4. The van der Waals surface area contributed by atoms with Crippen molar-refractivity contribution in [2.75, 3.05) is 6.61 Å². The third-order valence-corrected chi connectivity index (χ3v) is 2.65. The van der Waals surface area contributed by atoms with E-state index in [0.29, 0.717) is 0 Å². The molecule has 0 amide bonds. The zero-order valence-electron chi connectivity index (χ0n) is 11.8. The second-order valence-corrected chi connectivity index (χ2v) is 4.78. The molecule has 3 nitrogen and oxygen atoms in total. The van der Waals surface area contributed by atoms with Gasteiger partial charge in [-0.05, 0) is 45.0 Å². The van der Waals surface area contributed by atoms with Crippen LogP contribution in [0.4, 0.5) is 17.6 Å². The Labute approximate surface area is 119 Å². The first-order valence-electron chi connectivity index (χ1n) is 6.24. The Hall–Kier alpha value is -1.79. The van der Waals surface area contributed by atoms with Crippen LogP contribution in [-0.2, 0) is 15.5 Å². The summed E-state index contributed by atoms with van der Waals surface area (Å²) in [5, 5.41) is 0. The molecule has 0 aromatic heterocycles. The van der Waals surface area contributed by atoms with E-state index in [4.69, 9.17) is 9.47 Å². The second-order valence-electron chi connectivity index (χ2n) is 4.78. The van der Waals surface area contributed by atoms with Crippen LogP contribution in [-0.4, -0.2) is 24.6 Å². The van der Waals surface area contributed by atoms with Crippen molar-refractivity contribution in [1.29, 1.82) is 0 Å². The average molecular weight is 308 g/mol. The normalized spacial score (nSPS) is 12.4. The minimum Gasteiger partial charge on any atom is -0.476 e. The van der Waals surface area contributed by atoms with E-state index >= 15 is 0 Å². The second kappa shape index (κ2) is 6.32. The average Bonchev–Trinajstić information content (AvgIpc) is 2.39. The van der Waals surface area contributed by atoms with Crippen LogP contribution in [0.2, 0.25) is 0 Å². The molecule has 0 unspecified atom stereocenters. The van der Waals surface area contributed by atoms with Crippen molar-refractivity contribution in [2.24, 2.45) is 0 Å². The van der Waals surface area contributed by atoms with E-state index in [1.165, 1.54) is 13.8 Å². The Bertz CT molecular complexity index is 483. The van der Waals surface area contributed by atoms with E-state index in [2.05, 4.69) is 0 Å². The monoisotopic (exact) mass is 308 g/mol. The van der Waals surface area contributed by atoms with E-state index in [-0.39, 0.29) is 12.4 Å². The number of rotatable bonds is 6. The fourth-order valence-electron chi connectivity index (χ4n) is 1.51. The van der Waals surface area contributed by atoms with Gasteiger partial charge < -0.3 is 9.47 Å². The van der Waals surface area contributed by atoms with Crippen molar-refractivity contribution < 1.29 is 31.8 Å². The molecule has 21 heavy (non-hydrogen) atoms. The zero-order chi connectivity index (χ0) is 16.3. The van der Waals surface area contributed by atoms with Gasteiger partial charge in [-0.25, -0.2) is 13.6 Å². The lowest BCUT2D eigenvalue weighted by Gasteiger charge is -2.24. The van der Waals surface area contributed by atoms with Gasteiger partial charge in [-0.2, -0.15) is 8.78 Å². The SMILES string of the molecule is CCOC(=O)C(C)(C)Oc1ccc(C(F)(F)C(F)F)cc1. The molecule has 7 heteroatoms. The minimum atomic E-state index is -4.23. The van der Waals surface area contributed by atoms with E-state index in [0.717, 1.165) is 24.3 Å². The largest absolute Gasteiger partial charge is 0.476 e. The molecular formula is C14H16F4O3. The molecule has 0 saturated heterocycles. The summed E-state index contributed by atoms with van der Waals surface area (Å²) >= 11 is 0. The molecule has 0 saturated carbocycles. The Balaban J connectivity index is 2.87. The van der Waals surface area contributed by atoms with Crippen molar-refractivity contribution in [3.05, 3.63) is 29.8 Å². The van der Waals surface area contributed by atoms with Gasteiger partial charge in [0.1, 0.15) is 5.75 Å². The van der Waals surface area contributed by atoms with Crippen molar-refractivity contribution in [3.63, 3.8) is 0 Å². The fraction of sp³-hybridized carbons (Fsp3) is 0.500. The maximum absolute atomic E-state index is 13.1. The maximum Gasteiger partial charge on any atom is 0.349 e. The molecule has 1 aromatic rings. The van der Waals surface area contributed by atoms with Crippen LogP contribution in [0.3, 0.4) is 0 Å². The van der Waals surface area contributed by atoms with Crippen LogP contribution < -0.4 is 4.74 Å². The number of esters is 1. The molecule has 0 heterocycles. The Morgan fingerprint density at radius 1 is 1.19 bits per heavy atom. The lowest BCUT2D eigenvalue weighted by molar-refractivity contribution is -0.158. The standard InChI is InChI=1S/C14H16F4O3/c1-4-20-12(19)13(2,3)21-10-7-5-9(6-8-10)14(17,18)11(15)16/h5-8,11H,4H2,1-3H3. The van der Waals surface area contributed by atoms with Crippen LogP contribution in [0, 0.1) is 0 Å². The Morgan fingerprint density at radius 3 is 2.14 bits per heavy atom. The summed E-state index contributed by atoms with van der Waals surface area (Å²) in [7, 11) is 0. The molecule has 0 radical (unpaired) electrons. The summed E-state index contributed by atoms with van der Waals surface area (Å²) in [4.78, 5) is 11.6. The zero-order valence-corrected chi connectivity index (χ0v) is 11.8. The van der Waals surface area contributed by atoms with Crippen LogP contribution in [0.15, 0.2) is 24.3 Å². The van der Waals surface area contributed by atoms with E-state index < -0.39 is 29.5 Å². The summed E-state index contributed by atoms with van der Waals surface area (Å²) in [6.45, 7) is 4.71. The van der Waals surface area contributed by atoms with Gasteiger partial charge >= 0.3 is 18.3 Å². The third kappa shape index (κ3) is 4.09. The van der Waals surface area contributed by atoms with Crippen molar-refractivity contribution >= 4 is 5.97 Å². The van der Waals surface area contributed by atoms with Crippen LogP contribution in [0.1, 0.15) is 26.3 Å². The summed E-state index contributed by atoms with van der Waals surface area (Å²) < 4.78 is 60.8. The first kappa shape index (κ1) is 17.3. The molecule has 0 spiro atoms. The predicted molar refractivity (Wildman–Crippen MR) is 67.7 cm³/mol. The summed E-state index contributed by atoms with van der Waals surface area (Å²) in [6, 6.07) is 3.88. The molecular weight excluding hydrogens is 292 g/mol.